The van der Waals surface area contributed by atoms with Crippen molar-refractivity contribution in [3.05, 3.63) is 83.5 Å². The van der Waals surface area contributed by atoms with Crippen LogP contribution in [0.5, 0.6) is 11.5 Å². The van der Waals surface area contributed by atoms with Crippen LogP contribution >= 0.6 is 23.2 Å². The number of halogens is 2. The summed E-state index contributed by atoms with van der Waals surface area (Å²) in [5.74, 6) is 1.64. The van der Waals surface area contributed by atoms with Crippen molar-refractivity contribution in [3.8, 4) is 22.6 Å². The lowest BCUT2D eigenvalue weighted by Crippen LogP contribution is -2.30. The van der Waals surface area contributed by atoms with E-state index < -0.39 is 0 Å². The Balaban J connectivity index is 1.61. The van der Waals surface area contributed by atoms with E-state index in [1.807, 2.05) is 67.7 Å². The Labute approximate surface area is 196 Å². The van der Waals surface area contributed by atoms with Crippen LogP contribution in [-0.2, 0) is 0 Å². The van der Waals surface area contributed by atoms with Crippen LogP contribution in [0.4, 0.5) is 10.5 Å². The zero-order valence-corrected chi connectivity index (χ0v) is 18.9. The van der Waals surface area contributed by atoms with Crippen molar-refractivity contribution in [3.63, 3.8) is 0 Å². The minimum Gasteiger partial charge on any atom is -0.457 e. The second kappa shape index (κ2) is 9.90. The maximum atomic E-state index is 11.9. The molecule has 2 N–H and O–H groups in total. The topological polar surface area (TPSA) is 63.2 Å². The zero-order chi connectivity index (χ0) is 22.5. The number of pyridine rings is 1. The molecule has 3 aromatic carbocycles. The molecule has 4 rings (SSSR count). The number of benzene rings is 3. The summed E-state index contributed by atoms with van der Waals surface area (Å²) in [7, 11) is 0. The molecule has 4 aromatic rings. The number of alkyl halides is 1. The Morgan fingerprint density at radius 1 is 1.03 bits per heavy atom. The number of ether oxygens (including phenoxy) is 1. The van der Waals surface area contributed by atoms with Gasteiger partial charge in [0.15, 0.2) is 0 Å². The van der Waals surface area contributed by atoms with E-state index in [4.69, 9.17) is 27.9 Å². The van der Waals surface area contributed by atoms with Crippen molar-refractivity contribution in [2.45, 2.75) is 6.92 Å². The number of carbonyl (C=O) groups excluding carboxylic acids is 1. The van der Waals surface area contributed by atoms with Gasteiger partial charge in [0.1, 0.15) is 11.5 Å². The van der Waals surface area contributed by atoms with Gasteiger partial charge in [0.25, 0.3) is 0 Å². The first-order valence-electron chi connectivity index (χ1n) is 10.1. The van der Waals surface area contributed by atoms with Gasteiger partial charge < -0.3 is 15.4 Å². The van der Waals surface area contributed by atoms with E-state index in [0.717, 1.165) is 27.6 Å². The predicted molar refractivity (Wildman–Crippen MR) is 131 cm³/mol. The number of nitrogens with one attached hydrogen (secondary N) is 2. The number of urea groups is 1. The minimum absolute atomic E-state index is 0.316. The number of nitrogens with zero attached hydrogens (tertiary/aromatic N) is 1. The summed E-state index contributed by atoms with van der Waals surface area (Å²) in [5.41, 5.74) is 4.51. The molecule has 2 amide bonds. The maximum absolute atomic E-state index is 11.9. The standard InChI is InChI=1S/C25H21Cl2N3O2/c1-16-15-29-24-21(9-4-10-22(24)27)23(16)17-5-2-7-19(13-17)32-20-8-3-6-18(14-20)30-25(31)28-12-11-26/h2-10,13-15H,11-12H2,1H3,(H2,28,30,31). The summed E-state index contributed by atoms with van der Waals surface area (Å²) in [6.45, 7) is 2.42. The molecule has 0 radical (unpaired) electrons. The van der Waals surface area contributed by atoms with Crippen molar-refractivity contribution >= 4 is 45.8 Å². The fourth-order valence-corrected chi connectivity index (χ4v) is 3.81. The summed E-state index contributed by atoms with van der Waals surface area (Å²) < 4.78 is 6.09. The largest absolute Gasteiger partial charge is 0.457 e. The van der Waals surface area contributed by atoms with E-state index in [9.17, 15) is 4.79 Å². The Morgan fingerprint density at radius 2 is 1.78 bits per heavy atom. The molecular formula is C25H21Cl2N3O2. The second-order valence-corrected chi connectivity index (χ2v) is 7.96. The van der Waals surface area contributed by atoms with E-state index in [0.29, 0.717) is 34.6 Å². The van der Waals surface area contributed by atoms with Gasteiger partial charge in [-0.25, -0.2) is 4.79 Å². The highest BCUT2D eigenvalue weighted by Crippen LogP contribution is 2.35. The van der Waals surface area contributed by atoms with E-state index in [1.54, 1.807) is 12.1 Å². The molecule has 0 aliphatic carbocycles. The summed E-state index contributed by atoms with van der Waals surface area (Å²) in [6.07, 6.45) is 1.83. The monoisotopic (exact) mass is 465 g/mol. The zero-order valence-electron chi connectivity index (χ0n) is 17.4. The first kappa shape index (κ1) is 21.9. The van der Waals surface area contributed by atoms with Crippen LogP contribution in [0.2, 0.25) is 5.02 Å². The molecule has 0 aliphatic rings. The number of anilines is 1. The number of hydrogen-bond donors (Lipinski definition) is 2. The molecular weight excluding hydrogens is 445 g/mol. The van der Waals surface area contributed by atoms with Crippen LogP contribution < -0.4 is 15.4 Å². The normalized spacial score (nSPS) is 10.7. The number of para-hydroxylation sites is 1. The third-order valence-electron chi connectivity index (χ3n) is 4.87. The highest BCUT2D eigenvalue weighted by molar-refractivity contribution is 6.35. The second-order valence-electron chi connectivity index (χ2n) is 7.18. The lowest BCUT2D eigenvalue weighted by Gasteiger charge is -2.13. The molecule has 0 spiro atoms. The average Bonchev–Trinajstić information content (AvgIpc) is 2.78. The van der Waals surface area contributed by atoms with Gasteiger partial charge in [0, 0.05) is 35.8 Å². The molecule has 1 aromatic heterocycles. The molecule has 5 nitrogen and oxygen atoms in total. The first-order valence-corrected chi connectivity index (χ1v) is 11.0. The van der Waals surface area contributed by atoms with Gasteiger partial charge in [0.2, 0.25) is 0 Å². The van der Waals surface area contributed by atoms with Crippen LogP contribution in [0.1, 0.15) is 5.56 Å². The van der Waals surface area contributed by atoms with Crippen LogP contribution in [0, 0.1) is 6.92 Å². The summed E-state index contributed by atoms with van der Waals surface area (Å²) >= 11 is 12.0. The van der Waals surface area contributed by atoms with Crippen LogP contribution in [0.25, 0.3) is 22.0 Å². The maximum Gasteiger partial charge on any atom is 0.319 e. The van der Waals surface area contributed by atoms with Crippen molar-refractivity contribution in [1.82, 2.24) is 10.3 Å². The molecule has 0 atom stereocenters. The van der Waals surface area contributed by atoms with Gasteiger partial charge in [-0.05, 0) is 53.9 Å². The first-order chi connectivity index (χ1) is 15.5. The van der Waals surface area contributed by atoms with Gasteiger partial charge >= 0.3 is 6.03 Å². The summed E-state index contributed by atoms with van der Waals surface area (Å²) in [4.78, 5) is 16.4. The van der Waals surface area contributed by atoms with Crippen LogP contribution in [-0.4, -0.2) is 23.4 Å². The van der Waals surface area contributed by atoms with E-state index in [-0.39, 0.29) is 6.03 Å². The Bertz CT molecular complexity index is 1280. The Hall–Kier alpha value is -3.28. The van der Waals surface area contributed by atoms with Crippen LogP contribution in [0.3, 0.4) is 0 Å². The number of aromatic nitrogens is 1. The van der Waals surface area contributed by atoms with Gasteiger partial charge in [-0.2, -0.15) is 0 Å². The lowest BCUT2D eigenvalue weighted by molar-refractivity contribution is 0.252. The van der Waals surface area contributed by atoms with E-state index in [1.165, 1.54) is 0 Å². The molecule has 0 unspecified atom stereocenters. The molecule has 0 saturated carbocycles. The highest BCUT2D eigenvalue weighted by Gasteiger charge is 2.12. The molecule has 0 fully saturated rings. The van der Waals surface area contributed by atoms with Crippen molar-refractivity contribution in [1.29, 1.82) is 0 Å². The molecule has 0 aliphatic heterocycles. The average molecular weight is 466 g/mol. The van der Waals surface area contributed by atoms with Gasteiger partial charge in [-0.1, -0.05) is 41.9 Å². The summed E-state index contributed by atoms with van der Waals surface area (Å²) in [6, 6.07) is 20.5. The lowest BCUT2D eigenvalue weighted by atomic mass is 9.97. The highest BCUT2D eigenvalue weighted by atomic mass is 35.5. The third-order valence-corrected chi connectivity index (χ3v) is 5.36. The molecule has 0 saturated heterocycles. The number of aryl methyl sites for hydroxylation is 1. The Morgan fingerprint density at radius 3 is 2.59 bits per heavy atom. The van der Waals surface area contributed by atoms with Crippen molar-refractivity contribution in [2.24, 2.45) is 0 Å². The minimum atomic E-state index is -0.316. The van der Waals surface area contributed by atoms with Crippen LogP contribution in [0.15, 0.2) is 72.9 Å². The Kier molecular flexibility index (Phi) is 6.78. The van der Waals surface area contributed by atoms with Gasteiger partial charge in [-0.15, -0.1) is 11.6 Å². The molecule has 0 bridgehead atoms. The smallest absolute Gasteiger partial charge is 0.319 e. The van der Waals surface area contributed by atoms with Crippen molar-refractivity contribution in [2.75, 3.05) is 17.7 Å². The molecule has 32 heavy (non-hydrogen) atoms. The number of rotatable bonds is 6. The number of hydrogen-bond acceptors (Lipinski definition) is 3. The van der Waals surface area contributed by atoms with E-state index in [2.05, 4.69) is 15.6 Å². The number of amides is 2. The summed E-state index contributed by atoms with van der Waals surface area (Å²) in [5, 5.41) is 7.04. The quantitative estimate of drug-likeness (QED) is 0.300. The SMILES string of the molecule is Cc1cnc2c(Cl)cccc2c1-c1cccc(Oc2cccc(NC(=O)NCCCl)c2)c1. The van der Waals surface area contributed by atoms with E-state index >= 15 is 0 Å². The fourth-order valence-electron chi connectivity index (χ4n) is 3.49. The van der Waals surface area contributed by atoms with Gasteiger partial charge in [0.05, 0.1) is 10.5 Å². The third kappa shape index (κ3) is 4.96. The molecule has 162 valence electrons. The van der Waals surface area contributed by atoms with Gasteiger partial charge in [-0.3, -0.25) is 4.98 Å². The number of fused-ring (bicyclic) bond motifs is 1. The molecule has 7 heteroatoms. The van der Waals surface area contributed by atoms with Crippen molar-refractivity contribution < 1.29 is 9.53 Å². The predicted octanol–water partition coefficient (Wildman–Crippen LogP) is 7.02. The molecule has 1 heterocycles. The fraction of sp³-hybridized carbons (Fsp3) is 0.120. The number of carbonyl (C=O) groups is 1.